The molecule has 16 heavy (non-hydrogen) atoms. The van der Waals surface area contributed by atoms with Gasteiger partial charge in [-0.2, -0.15) is 5.26 Å². The highest BCUT2D eigenvalue weighted by Crippen LogP contribution is 2.58. The van der Waals surface area contributed by atoms with Crippen LogP contribution >= 0.6 is 0 Å². The second-order valence-electron chi connectivity index (χ2n) is 4.41. The highest BCUT2D eigenvalue weighted by molar-refractivity contribution is 6.10. The Hall–Kier alpha value is -1.82. The summed E-state index contributed by atoms with van der Waals surface area (Å²) >= 11 is 0. The number of rotatable bonds is 2. The van der Waals surface area contributed by atoms with E-state index in [-0.39, 0.29) is 5.41 Å². The minimum Gasteiger partial charge on any atom is -0.497 e. The van der Waals surface area contributed by atoms with Gasteiger partial charge in [-0.25, -0.2) is 0 Å². The zero-order valence-electron chi connectivity index (χ0n) is 9.10. The first-order chi connectivity index (χ1) is 7.80. The van der Waals surface area contributed by atoms with Crippen molar-refractivity contribution in [2.24, 2.45) is 16.3 Å². The van der Waals surface area contributed by atoms with E-state index in [0.717, 1.165) is 30.0 Å². The maximum Gasteiger partial charge on any atom is 0.119 e. The summed E-state index contributed by atoms with van der Waals surface area (Å²) in [5.41, 5.74) is 1.70. The number of nitrogens with zero attached hydrogens (tertiary/aromatic N) is 2. The van der Waals surface area contributed by atoms with Gasteiger partial charge in [0.25, 0.3) is 0 Å². The average molecular weight is 212 g/mol. The standard InChI is InChI=1S/C13H12N2O/c1-16-11-4-2-3-9(5-11)12-13(8-14)6-10(13)7-15-12/h2-5,10H,6-7H2,1H3/t10-,13+/m1/s1. The molecule has 1 heterocycles. The quantitative estimate of drug-likeness (QED) is 0.753. The number of fused-ring (bicyclic) bond motifs is 1. The van der Waals surface area contributed by atoms with E-state index in [1.165, 1.54) is 0 Å². The normalized spacial score (nSPS) is 30.2. The van der Waals surface area contributed by atoms with Crippen molar-refractivity contribution in [2.45, 2.75) is 6.42 Å². The second-order valence-corrected chi connectivity index (χ2v) is 4.41. The molecule has 0 unspecified atom stereocenters. The molecule has 1 saturated carbocycles. The lowest BCUT2D eigenvalue weighted by atomic mass is 9.94. The van der Waals surface area contributed by atoms with Crippen LogP contribution in [-0.4, -0.2) is 19.4 Å². The Morgan fingerprint density at radius 3 is 3.12 bits per heavy atom. The van der Waals surface area contributed by atoms with Crippen molar-refractivity contribution < 1.29 is 4.74 Å². The summed E-state index contributed by atoms with van der Waals surface area (Å²) < 4.78 is 5.19. The summed E-state index contributed by atoms with van der Waals surface area (Å²) in [7, 11) is 1.65. The lowest BCUT2D eigenvalue weighted by Gasteiger charge is -2.09. The molecule has 0 radical (unpaired) electrons. The first kappa shape index (κ1) is 9.41. The van der Waals surface area contributed by atoms with Gasteiger partial charge in [0.1, 0.15) is 11.2 Å². The molecule has 0 amide bonds. The lowest BCUT2D eigenvalue weighted by Crippen LogP contribution is -2.13. The van der Waals surface area contributed by atoms with Crippen LogP contribution in [0.25, 0.3) is 0 Å². The number of hydrogen-bond donors (Lipinski definition) is 0. The summed E-state index contributed by atoms with van der Waals surface area (Å²) in [5, 5.41) is 9.26. The van der Waals surface area contributed by atoms with Gasteiger partial charge in [0.05, 0.1) is 18.9 Å². The molecule has 1 aromatic carbocycles. The Morgan fingerprint density at radius 1 is 1.56 bits per heavy atom. The largest absolute Gasteiger partial charge is 0.497 e. The van der Waals surface area contributed by atoms with E-state index in [2.05, 4.69) is 11.1 Å². The zero-order chi connectivity index (χ0) is 11.2. The topological polar surface area (TPSA) is 45.4 Å². The van der Waals surface area contributed by atoms with Gasteiger partial charge in [-0.15, -0.1) is 0 Å². The van der Waals surface area contributed by atoms with Crippen LogP contribution in [0.5, 0.6) is 5.75 Å². The van der Waals surface area contributed by atoms with Crippen molar-refractivity contribution in [3.05, 3.63) is 29.8 Å². The molecule has 1 aliphatic carbocycles. The summed E-state index contributed by atoms with van der Waals surface area (Å²) in [6, 6.07) is 10.2. The van der Waals surface area contributed by atoms with Crippen LogP contribution in [0.1, 0.15) is 12.0 Å². The van der Waals surface area contributed by atoms with Crippen molar-refractivity contribution in [3.63, 3.8) is 0 Å². The van der Waals surface area contributed by atoms with Crippen LogP contribution in [-0.2, 0) is 0 Å². The number of aliphatic imine (C=N–C) groups is 1. The molecule has 0 bridgehead atoms. The number of ether oxygens (including phenoxy) is 1. The van der Waals surface area contributed by atoms with Crippen LogP contribution in [0.2, 0.25) is 0 Å². The molecule has 1 fully saturated rings. The Balaban J connectivity index is 2.02. The molecule has 3 nitrogen and oxygen atoms in total. The monoisotopic (exact) mass is 212 g/mol. The Morgan fingerprint density at radius 2 is 2.44 bits per heavy atom. The molecule has 2 aliphatic rings. The Kier molecular flexibility index (Phi) is 1.81. The van der Waals surface area contributed by atoms with E-state index in [1.807, 2.05) is 24.3 Å². The van der Waals surface area contributed by atoms with Gasteiger partial charge in [-0.05, 0) is 18.6 Å². The van der Waals surface area contributed by atoms with E-state index < -0.39 is 0 Å². The molecule has 0 spiro atoms. The van der Waals surface area contributed by atoms with Crippen molar-refractivity contribution in [1.82, 2.24) is 0 Å². The third-order valence-electron chi connectivity index (χ3n) is 3.54. The molecule has 1 aromatic rings. The second kappa shape index (κ2) is 3.08. The molecular weight excluding hydrogens is 200 g/mol. The van der Waals surface area contributed by atoms with E-state index in [1.54, 1.807) is 7.11 Å². The Bertz CT molecular complexity index is 515. The molecule has 3 heteroatoms. The third kappa shape index (κ3) is 1.10. The molecule has 1 aliphatic heterocycles. The van der Waals surface area contributed by atoms with Crippen molar-refractivity contribution in [3.8, 4) is 11.8 Å². The van der Waals surface area contributed by atoms with Crippen LogP contribution in [0.4, 0.5) is 0 Å². The van der Waals surface area contributed by atoms with Gasteiger partial charge < -0.3 is 4.74 Å². The predicted molar refractivity (Wildman–Crippen MR) is 60.6 cm³/mol. The van der Waals surface area contributed by atoms with Gasteiger partial charge >= 0.3 is 0 Å². The third-order valence-corrected chi connectivity index (χ3v) is 3.54. The first-order valence-corrected chi connectivity index (χ1v) is 5.41. The summed E-state index contributed by atoms with van der Waals surface area (Å²) in [5.74, 6) is 1.27. The minimum absolute atomic E-state index is 0.285. The van der Waals surface area contributed by atoms with Crippen molar-refractivity contribution >= 4 is 5.71 Å². The van der Waals surface area contributed by atoms with Gasteiger partial charge in [-0.1, -0.05) is 12.1 Å². The van der Waals surface area contributed by atoms with Crippen LogP contribution in [0.15, 0.2) is 29.3 Å². The highest BCUT2D eigenvalue weighted by atomic mass is 16.5. The van der Waals surface area contributed by atoms with E-state index >= 15 is 0 Å². The number of nitriles is 1. The van der Waals surface area contributed by atoms with E-state index in [0.29, 0.717) is 5.92 Å². The smallest absolute Gasteiger partial charge is 0.119 e. The fraction of sp³-hybridized carbons (Fsp3) is 0.385. The zero-order valence-corrected chi connectivity index (χ0v) is 9.10. The van der Waals surface area contributed by atoms with Gasteiger partial charge in [0, 0.05) is 18.0 Å². The highest BCUT2D eigenvalue weighted by Gasteiger charge is 2.61. The summed E-state index contributed by atoms with van der Waals surface area (Å²) in [6.07, 6.45) is 0.972. The first-order valence-electron chi connectivity index (χ1n) is 5.41. The van der Waals surface area contributed by atoms with Crippen LogP contribution in [0.3, 0.4) is 0 Å². The maximum absolute atomic E-state index is 9.26. The molecule has 80 valence electrons. The molecule has 0 aromatic heterocycles. The van der Waals surface area contributed by atoms with Gasteiger partial charge in [-0.3, -0.25) is 4.99 Å². The van der Waals surface area contributed by atoms with Crippen LogP contribution in [0, 0.1) is 22.7 Å². The summed E-state index contributed by atoms with van der Waals surface area (Å²) in [6.45, 7) is 0.806. The average Bonchev–Trinajstić information content (AvgIpc) is 2.95. The Labute approximate surface area is 94.4 Å². The molecule has 2 atom stereocenters. The molecule has 0 saturated heterocycles. The van der Waals surface area contributed by atoms with E-state index in [9.17, 15) is 5.26 Å². The SMILES string of the molecule is COc1cccc(C2=NC[C@H]3C[C@@]23C#N)c1. The maximum atomic E-state index is 9.26. The molecule has 3 rings (SSSR count). The lowest BCUT2D eigenvalue weighted by molar-refractivity contribution is 0.414. The molecule has 0 N–H and O–H groups in total. The van der Waals surface area contributed by atoms with Crippen molar-refractivity contribution in [1.29, 1.82) is 5.26 Å². The van der Waals surface area contributed by atoms with Crippen molar-refractivity contribution in [2.75, 3.05) is 13.7 Å². The summed E-state index contributed by atoms with van der Waals surface area (Å²) in [4.78, 5) is 4.49. The minimum atomic E-state index is -0.285. The van der Waals surface area contributed by atoms with E-state index in [4.69, 9.17) is 4.74 Å². The number of hydrogen-bond acceptors (Lipinski definition) is 3. The van der Waals surface area contributed by atoms with Crippen LogP contribution < -0.4 is 4.74 Å². The fourth-order valence-corrected chi connectivity index (χ4v) is 2.49. The van der Waals surface area contributed by atoms with Gasteiger partial charge in [0.15, 0.2) is 0 Å². The number of benzene rings is 1. The predicted octanol–water partition coefficient (Wildman–Crippen LogP) is 2.03. The molecular formula is C13H12N2O. The van der Waals surface area contributed by atoms with Gasteiger partial charge in [0.2, 0.25) is 0 Å². The number of methoxy groups -OCH3 is 1. The fourth-order valence-electron chi connectivity index (χ4n) is 2.49.